The third kappa shape index (κ3) is 3.68. The molecule has 6 heteroatoms. The van der Waals surface area contributed by atoms with Gasteiger partial charge in [-0.2, -0.15) is 0 Å². The number of hydrogen-bond donors (Lipinski definition) is 1. The monoisotopic (exact) mass is 340 g/mol. The average molecular weight is 342 g/mol. The molecule has 0 atom stereocenters. The number of benzene rings is 2. The summed E-state index contributed by atoms with van der Waals surface area (Å²) in [5.74, 6) is 0. The molecule has 0 radical (unpaired) electrons. The molecule has 0 fully saturated rings. The van der Waals surface area contributed by atoms with Crippen LogP contribution in [0.15, 0.2) is 46.9 Å². The number of nitro groups is 1. The number of halogens is 2. The normalized spacial score (nSPS) is 10.2. The third-order valence-corrected chi connectivity index (χ3v) is 3.34. The summed E-state index contributed by atoms with van der Waals surface area (Å²) in [7, 11) is 0. The van der Waals surface area contributed by atoms with Gasteiger partial charge >= 0.3 is 0 Å². The summed E-state index contributed by atoms with van der Waals surface area (Å²) in [6.45, 7) is 0.594. The lowest BCUT2D eigenvalue weighted by Crippen LogP contribution is -2.00. The lowest BCUT2D eigenvalue weighted by Gasteiger charge is -2.08. The van der Waals surface area contributed by atoms with Crippen LogP contribution in [-0.4, -0.2) is 4.92 Å². The molecule has 4 nitrogen and oxygen atoms in total. The Morgan fingerprint density at radius 3 is 2.68 bits per heavy atom. The van der Waals surface area contributed by atoms with E-state index in [9.17, 15) is 10.1 Å². The summed E-state index contributed by atoms with van der Waals surface area (Å²) >= 11 is 9.39. The van der Waals surface area contributed by atoms with Crippen LogP contribution in [0.4, 0.5) is 11.4 Å². The third-order valence-electron chi connectivity index (χ3n) is 2.54. The van der Waals surface area contributed by atoms with Crippen LogP contribution < -0.4 is 5.32 Å². The predicted molar refractivity (Wildman–Crippen MR) is 79.6 cm³/mol. The molecule has 0 aliphatic heterocycles. The van der Waals surface area contributed by atoms with Crippen molar-refractivity contribution in [1.82, 2.24) is 0 Å². The van der Waals surface area contributed by atoms with Gasteiger partial charge in [-0.3, -0.25) is 10.1 Å². The van der Waals surface area contributed by atoms with Crippen LogP contribution in [0.3, 0.4) is 0 Å². The van der Waals surface area contributed by atoms with Gasteiger partial charge in [0.2, 0.25) is 0 Å². The Morgan fingerprint density at radius 2 is 2.05 bits per heavy atom. The molecule has 0 aliphatic carbocycles. The fraction of sp³-hybridized carbons (Fsp3) is 0.0769. The van der Waals surface area contributed by atoms with Crippen LogP contribution in [0.2, 0.25) is 5.02 Å². The molecule has 2 aromatic rings. The Balaban J connectivity index is 2.10. The van der Waals surface area contributed by atoms with Gasteiger partial charge in [0.25, 0.3) is 5.69 Å². The molecular formula is C13H10BrClN2O2. The molecule has 0 spiro atoms. The second-order valence-electron chi connectivity index (χ2n) is 3.90. The van der Waals surface area contributed by atoms with E-state index in [-0.39, 0.29) is 5.69 Å². The van der Waals surface area contributed by atoms with Gasteiger partial charge < -0.3 is 5.32 Å². The predicted octanol–water partition coefficient (Wildman–Crippen LogP) is 4.62. The van der Waals surface area contributed by atoms with Crippen molar-refractivity contribution in [3.8, 4) is 0 Å². The second-order valence-corrected chi connectivity index (χ2v) is 5.23. The van der Waals surface area contributed by atoms with E-state index in [0.717, 1.165) is 10.0 Å². The lowest BCUT2D eigenvalue weighted by molar-refractivity contribution is -0.384. The van der Waals surface area contributed by atoms with Gasteiger partial charge in [-0.25, -0.2) is 0 Å². The van der Waals surface area contributed by atoms with Crippen LogP contribution in [0.25, 0.3) is 0 Å². The maximum absolute atomic E-state index is 10.6. The first-order valence-corrected chi connectivity index (χ1v) is 6.65. The number of nitrogens with zero attached hydrogens (tertiary/aromatic N) is 1. The molecule has 0 saturated heterocycles. The van der Waals surface area contributed by atoms with Crippen LogP contribution in [0.5, 0.6) is 0 Å². The number of hydrogen-bond acceptors (Lipinski definition) is 3. The van der Waals surface area contributed by atoms with Crippen LogP contribution in [0.1, 0.15) is 5.56 Å². The van der Waals surface area contributed by atoms with Crippen molar-refractivity contribution in [2.45, 2.75) is 6.54 Å². The quantitative estimate of drug-likeness (QED) is 0.652. The summed E-state index contributed by atoms with van der Waals surface area (Å²) in [5, 5.41) is 14.1. The Bertz CT molecular complexity index is 619. The van der Waals surface area contributed by atoms with Gasteiger partial charge in [-0.05, 0) is 23.8 Å². The maximum atomic E-state index is 10.6. The molecule has 19 heavy (non-hydrogen) atoms. The molecule has 0 bridgehead atoms. The van der Waals surface area contributed by atoms with Gasteiger partial charge in [-0.1, -0.05) is 39.7 Å². The Kier molecular flexibility index (Phi) is 4.39. The van der Waals surface area contributed by atoms with Crippen molar-refractivity contribution >= 4 is 38.9 Å². The van der Waals surface area contributed by atoms with Gasteiger partial charge in [-0.15, -0.1) is 0 Å². The molecule has 2 rings (SSSR count). The van der Waals surface area contributed by atoms with E-state index in [2.05, 4.69) is 21.2 Å². The van der Waals surface area contributed by atoms with Gasteiger partial charge in [0.05, 0.1) is 15.6 Å². The van der Waals surface area contributed by atoms with Gasteiger partial charge in [0.1, 0.15) is 0 Å². The molecule has 1 N–H and O–H groups in total. The van der Waals surface area contributed by atoms with Crippen molar-refractivity contribution in [1.29, 1.82) is 0 Å². The highest BCUT2D eigenvalue weighted by Crippen LogP contribution is 2.27. The first-order chi connectivity index (χ1) is 9.06. The minimum absolute atomic E-state index is 0.0157. The zero-order valence-corrected chi connectivity index (χ0v) is 12.1. The number of anilines is 1. The van der Waals surface area contributed by atoms with E-state index in [0.29, 0.717) is 17.3 Å². The molecule has 0 aliphatic rings. The molecule has 2 aromatic carbocycles. The average Bonchev–Trinajstić information content (AvgIpc) is 2.37. The first kappa shape index (κ1) is 13.8. The maximum Gasteiger partial charge on any atom is 0.271 e. The number of non-ortho nitro benzene ring substituents is 1. The summed E-state index contributed by atoms with van der Waals surface area (Å²) in [6, 6.07) is 12.2. The number of rotatable bonds is 4. The fourth-order valence-corrected chi connectivity index (χ4v) is 2.29. The second kappa shape index (κ2) is 6.04. The highest BCUT2D eigenvalue weighted by molar-refractivity contribution is 9.10. The van der Waals surface area contributed by atoms with Crippen LogP contribution in [0, 0.1) is 10.1 Å². The Morgan fingerprint density at radius 1 is 1.26 bits per heavy atom. The number of nitrogens with one attached hydrogen (secondary N) is 1. The minimum Gasteiger partial charge on any atom is -0.380 e. The number of nitro benzene ring substituents is 1. The highest BCUT2D eigenvalue weighted by atomic mass is 79.9. The zero-order valence-electron chi connectivity index (χ0n) is 9.77. The van der Waals surface area contributed by atoms with Gasteiger partial charge in [0.15, 0.2) is 0 Å². The van der Waals surface area contributed by atoms with Gasteiger partial charge in [0, 0.05) is 23.2 Å². The topological polar surface area (TPSA) is 55.2 Å². The Hall–Kier alpha value is -1.59. The largest absolute Gasteiger partial charge is 0.380 e. The van der Waals surface area contributed by atoms with Crippen molar-refractivity contribution in [2.75, 3.05) is 5.32 Å². The van der Waals surface area contributed by atoms with Crippen LogP contribution in [-0.2, 0) is 6.54 Å². The highest BCUT2D eigenvalue weighted by Gasteiger charge is 2.09. The Labute approximate surface area is 123 Å². The summed E-state index contributed by atoms with van der Waals surface area (Å²) in [4.78, 5) is 10.1. The molecule has 0 heterocycles. The van der Waals surface area contributed by atoms with Crippen molar-refractivity contribution in [3.63, 3.8) is 0 Å². The fourth-order valence-electron chi connectivity index (χ4n) is 1.61. The smallest absolute Gasteiger partial charge is 0.271 e. The molecule has 0 saturated carbocycles. The van der Waals surface area contributed by atoms with E-state index in [1.165, 1.54) is 12.1 Å². The SMILES string of the molecule is O=[N+]([O-])c1ccc(NCc2cccc(Br)c2)c(Cl)c1. The van der Waals surface area contributed by atoms with E-state index >= 15 is 0 Å². The van der Waals surface area contributed by atoms with E-state index in [1.54, 1.807) is 6.07 Å². The molecule has 0 aromatic heterocycles. The first-order valence-electron chi connectivity index (χ1n) is 5.48. The van der Waals surface area contributed by atoms with Crippen LogP contribution >= 0.6 is 27.5 Å². The lowest BCUT2D eigenvalue weighted by atomic mass is 10.2. The van der Waals surface area contributed by atoms with E-state index < -0.39 is 4.92 Å². The standard InChI is InChI=1S/C13H10BrClN2O2/c14-10-3-1-2-9(6-10)8-16-13-5-4-11(17(18)19)7-12(13)15/h1-7,16H,8H2. The van der Waals surface area contributed by atoms with Crippen molar-refractivity contribution in [3.05, 3.63) is 67.6 Å². The van der Waals surface area contributed by atoms with Crippen molar-refractivity contribution in [2.24, 2.45) is 0 Å². The molecular weight excluding hydrogens is 332 g/mol. The van der Waals surface area contributed by atoms with E-state index in [4.69, 9.17) is 11.6 Å². The summed E-state index contributed by atoms with van der Waals surface area (Å²) in [5.41, 5.74) is 1.74. The zero-order chi connectivity index (χ0) is 13.8. The minimum atomic E-state index is -0.468. The summed E-state index contributed by atoms with van der Waals surface area (Å²) < 4.78 is 1.00. The van der Waals surface area contributed by atoms with E-state index in [1.807, 2.05) is 24.3 Å². The van der Waals surface area contributed by atoms with Crippen molar-refractivity contribution < 1.29 is 4.92 Å². The molecule has 98 valence electrons. The molecule has 0 unspecified atom stereocenters. The summed E-state index contributed by atoms with van der Waals surface area (Å²) in [6.07, 6.45) is 0. The molecule has 0 amide bonds.